The van der Waals surface area contributed by atoms with Gasteiger partial charge >= 0.3 is 5.69 Å². The van der Waals surface area contributed by atoms with Gasteiger partial charge in [0, 0.05) is 6.07 Å². The van der Waals surface area contributed by atoms with Gasteiger partial charge in [-0.25, -0.2) is 4.63 Å². The van der Waals surface area contributed by atoms with Gasteiger partial charge in [0.1, 0.15) is 6.10 Å². The van der Waals surface area contributed by atoms with Gasteiger partial charge < -0.3 is 10.1 Å². The fourth-order valence-corrected chi connectivity index (χ4v) is 2.17. The van der Waals surface area contributed by atoms with Gasteiger partial charge in [0.2, 0.25) is 5.52 Å². The molecular weight excluding hydrogens is 252 g/mol. The molecule has 0 aliphatic carbocycles. The molecule has 3 rings (SSSR count). The zero-order valence-electron chi connectivity index (χ0n) is 10.0. The monoisotopic (exact) mass is 264 g/mol. The molecule has 0 radical (unpaired) electrons. The van der Waals surface area contributed by atoms with Crippen molar-refractivity contribution in [2.45, 2.75) is 18.9 Å². The van der Waals surface area contributed by atoms with Crippen LogP contribution in [0.2, 0.25) is 0 Å². The molecule has 0 bridgehead atoms. The van der Waals surface area contributed by atoms with Crippen molar-refractivity contribution in [1.29, 1.82) is 0 Å². The highest BCUT2D eigenvalue weighted by molar-refractivity contribution is 5.88. The maximum Gasteiger partial charge on any atom is 0.301 e. The molecule has 8 nitrogen and oxygen atoms in total. The van der Waals surface area contributed by atoms with Gasteiger partial charge in [-0.3, -0.25) is 10.1 Å². The van der Waals surface area contributed by atoms with Crippen LogP contribution in [0.5, 0.6) is 5.75 Å². The lowest BCUT2D eigenvalue weighted by molar-refractivity contribution is -0.383. The van der Waals surface area contributed by atoms with Crippen molar-refractivity contribution in [3.63, 3.8) is 0 Å². The molecule has 2 aromatic rings. The van der Waals surface area contributed by atoms with E-state index in [0.29, 0.717) is 11.3 Å². The molecular formula is C11H12N4O4. The zero-order valence-corrected chi connectivity index (χ0v) is 10.0. The molecule has 0 spiro atoms. The Kier molecular flexibility index (Phi) is 3.00. The molecule has 19 heavy (non-hydrogen) atoms. The number of nitro groups is 1. The van der Waals surface area contributed by atoms with Crippen molar-refractivity contribution in [3.05, 3.63) is 22.2 Å². The second-order valence-corrected chi connectivity index (χ2v) is 4.37. The van der Waals surface area contributed by atoms with E-state index in [2.05, 4.69) is 20.3 Å². The molecule has 0 atom stereocenters. The van der Waals surface area contributed by atoms with Crippen LogP contribution in [0.15, 0.2) is 16.8 Å². The lowest BCUT2D eigenvalue weighted by atomic mass is 10.1. The second kappa shape index (κ2) is 4.81. The summed E-state index contributed by atoms with van der Waals surface area (Å²) in [6.07, 6.45) is 1.87. The molecule has 0 saturated carbocycles. The number of fused-ring (bicyclic) bond motifs is 1. The van der Waals surface area contributed by atoms with Crippen molar-refractivity contribution >= 4 is 16.7 Å². The van der Waals surface area contributed by atoms with Crippen LogP contribution >= 0.6 is 0 Å². The van der Waals surface area contributed by atoms with Crippen LogP contribution in [0, 0.1) is 10.1 Å². The topological polar surface area (TPSA) is 103 Å². The van der Waals surface area contributed by atoms with Crippen molar-refractivity contribution < 1.29 is 14.3 Å². The number of piperidine rings is 1. The maximum atomic E-state index is 10.9. The van der Waals surface area contributed by atoms with Gasteiger partial charge in [-0.15, -0.1) is 0 Å². The molecule has 0 amide bonds. The Morgan fingerprint density at radius 3 is 2.79 bits per heavy atom. The first-order chi connectivity index (χ1) is 9.25. The van der Waals surface area contributed by atoms with E-state index in [1.165, 1.54) is 6.07 Å². The molecule has 1 aromatic heterocycles. The third-order valence-corrected chi connectivity index (χ3v) is 3.13. The van der Waals surface area contributed by atoms with E-state index in [4.69, 9.17) is 4.74 Å². The summed E-state index contributed by atoms with van der Waals surface area (Å²) in [6.45, 7) is 1.80. The van der Waals surface area contributed by atoms with E-state index in [9.17, 15) is 10.1 Å². The fourth-order valence-electron chi connectivity index (χ4n) is 2.17. The smallest absolute Gasteiger partial charge is 0.301 e. The van der Waals surface area contributed by atoms with Crippen molar-refractivity contribution in [1.82, 2.24) is 15.6 Å². The first-order valence-corrected chi connectivity index (χ1v) is 6.03. The van der Waals surface area contributed by atoms with Crippen LogP contribution in [-0.4, -0.2) is 34.4 Å². The molecule has 1 aromatic carbocycles. The maximum absolute atomic E-state index is 10.9. The van der Waals surface area contributed by atoms with Crippen LogP contribution in [0.4, 0.5) is 5.69 Å². The van der Waals surface area contributed by atoms with Crippen molar-refractivity contribution in [2.75, 3.05) is 13.1 Å². The Labute approximate surface area is 107 Å². The van der Waals surface area contributed by atoms with Crippen molar-refractivity contribution in [3.8, 4) is 5.75 Å². The predicted molar refractivity (Wildman–Crippen MR) is 65.0 cm³/mol. The van der Waals surface area contributed by atoms with Crippen LogP contribution < -0.4 is 10.1 Å². The molecule has 1 N–H and O–H groups in total. The van der Waals surface area contributed by atoms with Crippen LogP contribution in [-0.2, 0) is 0 Å². The third-order valence-electron chi connectivity index (χ3n) is 3.13. The van der Waals surface area contributed by atoms with Gasteiger partial charge in [0.15, 0.2) is 11.3 Å². The highest BCUT2D eigenvalue weighted by atomic mass is 16.6. The zero-order chi connectivity index (χ0) is 13.2. The fraction of sp³-hybridized carbons (Fsp3) is 0.455. The highest BCUT2D eigenvalue weighted by Crippen LogP contribution is 2.31. The summed E-state index contributed by atoms with van der Waals surface area (Å²) in [5.41, 5.74) is 0.290. The molecule has 1 aliphatic rings. The number of aromatic nitrogens is 2. The quantitative estimate of drug-likeness (QED) is 0.657. The van der Waals surface area contributed by atoms with Gasteiger partial charge in [0.05, 0.1) is 4.92 Å². The molecule has 2 heterocycles. The van der Waals surface area contributed by atoms with Gasteiger partial charge in [0.25, 0.3) is 0 Å². The first kappa shape index (κ1) is 11.8. The molecule has 1 fully saturated rings. The average molecular weight is 264 g/mol. The van der Waals surface area contributed by atoms with E-state index < -0.39 is 4.92 Å². The lowest BCUT2D eigenvalue weighted by Gasteiger charge is -2.23. The number of non-ortho nitro benzene ring substituents is 1. The molecule has 100 valence electrons. The summed E-state index contributed by atoms with van der Waals surface area (Å²) in [6, 6.07) is 2.91. The second-order valence-electron chi connectivity index (χ2n) is 4.37. The minimum Gasteiger partial charge on any atom is -0.488 e. The number of rotatable bonds is 3. The standard InChI is InChI=1S/C11H12N4O4/c16-15(17)8-1-2-9(11-10(8)13-19-14-11)18-7-3-5-12-6-4-7/h1-2,7,12H,3-6H2. The third kappa shape index (κ3) is 2.22. The number of hydrogen-bond donors (Lipinski definition) is 1. The lowest BCUT2D eigenvalue weighted by Crippen LogP contribution is -2.34. The van der Waals surface area contributed by atoms with E-state index in [0.717, 1.165) is 25.9 Å². The van der Waals surface area contributed by atoms with E-state index in [-0.39, 0.29) is 17.3 Å². The van der Waals surface area contributed by atoms with E-state index in [1.807, 2.05) is 0 Å². The Hall–Kier alpha value is -2.22. The normalized spacial score (nSPS) is 16.6. The van der Waals surface area contributed by atoms with E-state index >= 15 is 0 Å². The van der Waals surface area contributed by atoms with Crippen LogP contribution in [0.25, 0.3) is 11.0 Å². The Bertz CT molecular complexity index is 606. The Morgan fingerprint density at radius 2 is 2.05 bits per heavy atom. The predicted octanol–water partition coefficient (Wildman–Crippen LogP) is 1.26. The molecule has 1 saturated heterocycles. The number of benzene rings is 1. The Morgan fingerprint density at radius 1 is 1.32 bits per heavy atom. The number of nitro benzene ring substituents is 1. The summed E-state index contributed by atoms with van der Waals surface area (Å²) in [5.74, 6) is 0.480. The number of nitrogens with one attached hydrogen (secondary N) is 1. The largest absolute Gasteiger partial charge is 0.488 e. The Balaban J connectivity index is 1.93. The summed E-state index contributed by atoms with van der Waals surface area (Å²) >= 11 is 0. The first-order valence-electron chi connectivity index (χ1n) is 6.03. The SMILES string of the molecule is O=[N+]([O-])c1ccc(OC2CCNCC2)c2nonc12. The summed E-state index contributed by atoms with van der Waals surface area (Å²) in [7, 11) is 0. The minimum absolute atomic E-state index is 0.0857. The molecule has 0 unspecified atom stereocenters. The summed E-state index contributed by atoms with van der Waals surface area (Å²) < 4.78 is 10.4. The number of nitrogens with zero attached hydrogens (tertiary/aromatic N) is 3. The van der Waals surface area contributed by atoms with Crippen LogP contribution in [0.3, 0.4) is 0 Å². The highest BCUT2D eigenvalue weighted by Gasteiger charge is 2.22. The van der Waals surface area contributed by atoms with Gasteiger partial charge in [-0.05, 0) is 42.3 Å². The number of ether oxygens (including phenoxy) is 1. The van der Waals surface area contributed by atoms with Gasteiger partial charge in [-0.1, -0.05) is 0 Å². The molecule has 1 aliphatic heterocycles. The summed E-state index contributed by atoms with van der Waals surface area (Å²) in [5, 5.41) is 21.4. The van der Waals surface area contributed by atoms with Crippen molar-refractivity contribution in [2.24, 2.45) is 0 Å². The molecule has 8 heteroatoms. The van der Waals surface area contributed by atoms with Crippen LogP contribution in [0.1, 0.15) is 12.8 Å². The van der Waals surface area contributed by atoms with E-state index in [1.54, 1.807) is 6.07 Å². The van der Waals surface area contributed by atoms with Gasteiger partial charge in [-0.2, -0.15) is 0 Å². The average Bonchev–Trinajstić information content (AvgIpc) is 2.89. The number of hydrogen-bond acceptors (Lipinski definition) is 7. The minimum atomic E-state index is -0.513. The summed E-state index contributed by atoms with van der Waals surface area (Å²) in [4.78, 5) is 10.3.